The molecule has 1 atom stereocenters. The van der Waals surface area contributed by atoms with Crippen LogP contribution in [0.1, 0.15) is 41.6 Å². The number of rotatable bonds is 5. The first kappa shape index (κ1) is 14.3. The minimum absolute atomic E-state index is 0.223. The molecule has 1 N–H and O–H groups in total. The molecule has 0 amide bonds. The molecule has 2 heterocycles. The fourth-order valence-electron chi connectivity index (χ4n) is 2.35. The van der Waals surface area contributed by atoms with Gasteiger partial charge in [0.2, 0.25) is 0 Å². The van der Waals surface area contributed by atoms with Gasteiger partial charge in [-0.25, -0.2) is 9.78 Å². The zero-order chi connectivity index (χ0) is 13.8. The predicted octanol–water partition coefficient (Wildman–Crippen LogP) is 2.41. The SMILES string of the molecule is CCCc1nc(N2CCCC(OC)C2)sc1C(=O)O. The summed E-state index contributed by atoms with van der Waals surface area (Å²) in [5.74, 6) is -0.868. The van der Waals surface area contributed by atoms with Crippen LogP contribution in [0.5, 0.6) is 0 Å². The number of aromatic carboxylic acids is 1. The molecule has 5 nitrogen and oxygen atoms in total. The Bertz CT molecular complexity index is 447. The molecule has 1 fully saturated rings. The summed E-state index contributed by atoms with van der Waals surface area (Å²) in [6.45, 7) is 3.76. The van der Waals surface area contributed by atoms with Crippen molar-refractivity contribution in [3.8, 4) is 0 Å². The molecule has 0 spiro atoms. The van der Waals surface area contributed by atoms with Gasteiger partial charge >= 0.3 is 5.97 Å². The van der Waals surface area contributed by atoms with Gasteiger partial charge in [-0.2, -0.15) is 0 Å². The van der Waals surface area contributed by atoms with Crippen molar-refractivity contribution in [2.45, 2.75) is 38.7 Å². The van der Waals surface area contributed by atoms with Gasteiger partial charge in [0.15, 0.2) is 5.13 Å². The predicted molar refractivity (Wildman–Crippen MR) is 75.3 cm³/mol. The first-order valence-corrected chi connectivity index (χ1v) is 7.48. The highest BCUT2D eigenvalue weighted by atomic mass is 32.1. The Morgan fingerprint density at radius 3 is 3.05 bits per heavy atom. The average molecular weight is 284 g/mol. The zero-order valence-electron chi connectivity index (χ0n) is 11.4. The van der Waals surface area contributed by atoms with Crippen molar-refractivity contribution in [2.24, 2.45) is 0 Å². The van der Waals surface area contributed by atoms with E-state index in [2.05, 4.69) is 9.88 Å². The van der Waals surface area contributed by atoms with E-state index in [4.69, 9.17) is 4.74 Å². The number of thiazole rings is 1. The highest BCUT2D eigenvalue weighted by Crippen LogP contribution is 2.29. The Labute approximate surface area is 117 Å². The summed E-state index contributed by atoms with van der Waals surface area (Å²) >= 11 is 1.29. The number of piperidine rings is 1. The third-order valence-corrected chi connectivity index (χ3v) is 4.50. The van der Waals surface area contributed by atoms with Crippen molar-refractivity contribution in [1.82, 2.24) is 4.98 Å². The Balaban J connectivity index is 2.19. The molecule has 0 aromatic carbocycles. The Morgan fingerprint density at radius 1 is 1.63 bits per heavy atom. The maximum absolute atomic E-state index is 11.2. The van der Waals surface area contributed by atoms with Crippen LogP contribution in [0.15, 0.2) is 0 Å². The van der Waals surface area contributed by atoms with Gasteiger partial charge < -0.3 is 14.7 Å². The van der Waals surface area contributed by atoms with Gasteiger partial charge in [-0.1, -0.05) is 24.7 Å². The number of ether oxygens (including phenoxy) is 1. The summed E-state index contributed by atoms with van der Waals surface area (Å²) in [6, 6.07) is 0. The van der Waals surface area contributed by atoms with E-state index in [0.717, 1.165) is 49.6 Å². The third kappa shape index (κ3) is 3.25. The van der Waals surface area contributed by atoms with E-state index in [1.54, 1.807) is 7.11 Å². The Hall–Kier alpha value is -1.14. The number of hydrogen-bond acceptors (Lipinski definition) is 5. The normalized spacial score (nSPS) is 19.7. The summed E-state index contributed by atoms with van der Waals surface area (Å²) < 4.78 is 5.39. The van der Waals surface area contributed by atoms with Crippen molar-refractivity contribution in [3.05, 3.63) is 10.6 Å². The van der Waals surface area contributed by atoms with Crippen LogP contribution in [0.25, 0.3) is 0 Å². The van der Waals surface area contributed by atoms with Crippen LogP contribution in [0.2, 0.25) is 0 Å². The third-order valence-electron chi connectivity index (χ3n) is 3.35. The van der Waals surface area contributed by atoms with Gasteiger partial charge in [0, 0.05) is 20.2 Å². The molecule has 0 aliphatic carbocycles. The zero-order valence-corrected chi connectivity index (χ0v) is 12.2. The fourth-order valence-corrected chi connectivity index (χ4v) is 3.34. The van der Waals surface area contributed by atoms with Crippen LogP contribution in [0.3, 0.4) is 0 Å². The maximum atomic E-state index is 11.2. The molecule has 0 bridgehead atoms. The number of carboxylic acids is 1. The van der Waals surface area contributed by atoms with Crippen molar-refractivity contribution >= 4 is 22.4 Å². The molecular formula is C13H20N2O3S. The molecule has 6 heteroatoms. The second kappa shape index (κ2) is 6.34. The number of aryl methyl sites for hydroxylation is 1. The van der Waals surface area contributed by atoms with Gasteiger partial charge in [-0.05, 0) is 19.3 Å². The number of aromatic nitrogens is 1. The molecule has 106 valence electrons. The van der Waals surface area contributed by atoms with Crippen LogP contribution in [0.4, 0.5) is 5.13 Å². The molecule has 2 rings (SSSR count). The molecule has 1 aliphatic rings. The lowest BCUT2D eigenvalue weighted by atomic mass is 10.1. The van der Waals surface area contributed by atoms with Crippen LogP contribution >= 0.6 is 11.3 Å². The number of anilines is 1. The lowest BCUT2D eigenvalue weighted by molar-refractivity contribution is 0.0700. The van der Waals surface area contributed by atoms with Crippen molar-refractivity contribution in [2.75, 3.05) is 25.1 Å². The van der Waals surface area contributed by atoms with Crippen LogP contribution in [0, 0.1) is 0 Å². The topological polar surface area (TPSA) is 62.7 Å². The summed E-state index contributed by atoms with van der Waals surface area (Å²) in [7, 11) is 1.72. The second-order valence-corrected chi connectivity index (χ2v) is 5.75. The standard InChI is InChI=1S/C13H20N2O3S/c1-3-5-10-11(12(16)17)19-13(14-10)15-7-4-6-9(8-15)18-2/h9H,3-8H2,1-2H3,(H,16,17). The van der Waals surface area contributed by atoms with E-state index >= 15 is 0 Å². The lowest BCUT2D eigenvalue weighted by Crippen LogP contribution is -2.39. The highest BCUT2D eigenvalue weighted by Gasteiger charge is 2.24. The molecule has 0 saturated carbocycles. The number of carbonyl (C=O) groups is 1. The van der Waals surface area contributed by atoms with E-state index in [1.165, 1.54) is 11.3 Å². The van der Waals surface area contributed by atoms with E-state index in [0.29, 0.717) is 4.88 Å². The summed E-state index contributed by atoms with van der Waals surface area (Å²) in [5, 5.41) is 10.1. The van der Waals surface area contributed by atoms with Gasteiger partial charge in [0.1, 0.15) is 4.88 Å². The van der Waals surface area contributed by atoms with Gasteiger partial charge in [0.05, 0.1) is 11.8 Å². The molecular weight excluding hydrogens is 264 g/mol. The monoisotopic (exact) mass is 284 g/mol. The summed E-state index contributed by atoms with van der Waals surface area (Å²) in [5.41, 5.74) is 0.717. The molecule has 1 unspecified atom stereocenters. The molecule has 1 saturated heterocycles. The van der Waals surface area contributed by atoms with Crippen molar-refractivity contribution in [3.63, 3.8) is 0 Å². The molecule has 1 aromatic heterocycles. The Morgan fingerprint density at radius 2 is 2.42 bits per heavy atom. The average Bonchev–Trinajstić information content (AvgIpc) is 2.83. The smallest absolute Gasteiger partial charge is 0.347 e. The lowest BCUT2D eigenvalue weighted by Gasteiger charge is -2.31. The Kier molecular flexibility index (Phi) is 4.76. The minimum atomic E-state index is -0.868. The number of nitrogens with zero attached hydrogens (tertiary/aromatic N) is 2. The molecule has 19 heavy (non-hydrogen) atoms. The van der Waals surface area contributed by atoms with Crippen LogP contribution < -0.4 is 4.90 Å². The van der Waals surface area contributed by atoms with Crippen molar-refractivity contribution in [1.29, 1.82) is 0 Å². The molecule has 1 aliphatic heterocycles. The van der Waals surface area contributed by atoms with E-state index in [1.807, 2.05) is 6.92 Å². The summed E-state index contributed by atoms with van der Waals surface area (Å²) in [4.78, 5) is 18.3. The first-order valence-electron chi connectivity index (χ1n) is 6.66. The quantitative estimate of drug-likeness (QED) is 0.899. The van der Waals surface area contributed by atoms with Gasteiger partial charge in [-0.15, -0.1) is 0 Å². The number of carboxylic acid groups (broad SMARTS) is 1. The number of methoxy groups -OCH3 is 1. The van der Waals surface area contributed by atoms with E-state index < -0.39 is 5.97 Å². The first-order chi connectivity index (χ1) is 9.15. The molecule has 0 radical (unpaired) electrons. The van der Waals surface area contributed by atoms with Crippen LogP contribution in [-0.2, 0) is 11.2 Å². The summed E-state index contributed by atoms with van der Waals surface area (Å²) in [6.07, 6.45) is 3.97. The largest absolute Gasteiger partial charge is 0.477 e. The number of hydrogen-bond donors (Lipinski definition) is 1. The molecule has 1 aromatic rings. The van der Waals surface area contributed by atoms with Gasteiger partial charge in [-0.3, -0.25) is 0 Å². The minimum Gasteiger partial charge on any atom is -0.477 e. The fraction of sp³-hybridized carbons (Fsp3) is 0.692. The van der Waals surface area contributed by atoms with Crippen molar-refractivity contribution < 1.29 is 14.6 Å². The van der Waals surface area contributed by atoms with Crippen LogP contribution in [-0.4, -0.2) is 42.4 Å². The van der Waals surface area contributed by atoms with E-state index in [-0.39, 0.29) is 6.10 Å². The van der Waals surface area contributed by atoms with Gasteiger partial charge in [0.25, 0.3) is 0 Å². The van der Waals surface area contributed by atoms with E-state index in [9.17, 15) is 9.90 Å². The second-order valence-electron chi connectivity index (χ2n) is 4.77. The highest BCUT2D eigenvalue weighted by molar-refractivity contribution is 7.17. The maximum Gasteiger partial charge on any atom is 0.347 e.